The van der Waals surface area contributed by atoms with Crippen LogP contribution in [-0.2, 0) is 9.47 Å². The fourth-order valence-corrected chi connectivity index (χ4v) is 2.52. The summed E-state index contributed by atoms with van der Waals surface area (Å²) in [5, 5.41) is 0. The van der Waals surface area contributed by atoms with Crippen LogP contribution in [0.25, 0.3) is 0 Å². The van der Waals surface area contributed by atoms with Gasteiger partial charge in [0.25, 0.3) is 11.2 Å². The Morgan fingerprint density at radius 3 is 0.833 bits per heavy atom. The molecule has 142 valence electrons. The Morgan fingerprint density at radius 1 is 0.417 bits per heavy atom. The van der Waals surface area contributed by atoms with Crippen LogP contribution in [-0.4, -0.2) is 47.6 Å². The molecule has 0 aromatic heterocycles. The van der Waals surface area contributed by atoms with E-state index in [1.807, 2.05) is 0 Å². The summed E-state index contributed by atoms with van der Waals surface area (Å²) in [5.74, 6) is -13.6. The van der Waals surface area contributed by atoms with Crippen molar-refractivity contribution >= 4 is 0 Å². The van der Waals surface area contributed by atoms with Crippen molar-refractivity contribution < 1.29 is 70.9 Å². The van der Waals surface area contributed by atoms with Crippen molar-refractivity contribution in [3.8, 4) is 0 Å². The van der Waals surface area contributed by atoms with E-state index in [9.17, 15) is 61.5 Å². The Morgan fingerprint density at radius 2 is 0.667 bits per heavy atom. The molecule has 0 radical (unpaired) electrons. The minimum Gasteiger partial charge on any atom is -0.333 e. The molecule has 0 aliphatic carbocycles. The van der Waals surface area contributed by atoms with Gasteiger partial charge in [-0.1, -0.05) is 0 Å². The molecule has 0 spiro atoms. The minimum atomic E-state index is -7.16. The summed E-state index contributed by atoms with van der Waals surface area (Å²) in [5.41, 5.74) is -12.7. The van der Waals surface area contributed by atoms with Crippen molar-refractivity contribution in [1.29, 1.82) is 0 Å². The van der Waals surface area contributed by atoms with Gasteiger partial charge in [0.1, 0.15) is 0 Å². The highest BCUT2D eigenvalue weighted by atomic mass is 19.4. The Labute approximate surface area is 120 Å². The molecule has 0 aromatic rings. The quantitative estimate of drug-likeness (QED) is 0.456. The summed E-state index contributed by atoms with van der Waals surface area (Å²) in [6.07, 6.45) is -28.5. The van der Waals surface area contributed by atoms with E-state index in [4.69, 9.17) is 0 Å². The van der Waals surface area contributed by atoms with Gasteiger partial charge in [-0.15, -0.1) is 0 Å². The molecule has 2 nitrogen and oxygen atoms in total. The average molecular weight is 394 g/mol. The Balaban J connectivity index is 2.91. The van der Waals surface area contributed by atoms with E-state index >= 15 is 0 Å². The molecule has 0 amide bonds. The maximum atomic E-state index is 13.8. The maximum absolute atomic E-state index is 13.8. The molecular weight excluding hydrogens is 394 g/mol. The minimum absolute atomic E-state index is 2.14. The zero-order valence-electron chi connectivity index (χ0n) is 10.1. The molecule has 0 saturated carbocycles. The molecule has 0 bridgehead atoms. The van der Waals surface area contributed by atoms with E-state index in [1.54, 1.807) is 0 Å². The lowest BCUT2D eigenvalue weighted by atomic mass is 9.83. The Bertz CT molecular complexity index is 509. The van der Waals surface area contributed by atoms with Crippen molar-refractivity contribution in [3.05, 3.63) is 0 Å². The van der Waals surface area contributed by atoms with Crippen molar-refractivity contribution in [2.24, 2.45) is 0 Å². The number of hydrogen-bond acceptors (Lipinski definition) is 2. The normalized spacial score (nSPS) is 43.8. The zero-order chi connectivity index (χ0) is 19.4. The molecule has 24 heavy (non-hydrogen) atoms. The fourth-order valence-electron chi connectivity index (χ4n) is 2.52. The van der Waals surface area contributed by atoms with Gasteiger partial charge in [0.2, 0.25) is 0 Å². The highest BCUT2D eigenvalue weighted by Crippen LogP contribution is 2.82. The first-order valence-corrected chi connectivity index (χ1v) is 5.21. The van der Waals surface area contributed by atoms with Crippen molar-refractivity contribution in [1.82, 2.24) is 0 Å². The van der Waals surface area contributed by atoms with Crippen molar-refractivity contribution in [2.75, 3.05) is 0 Å². The van der Waals surface area contributed by atoms with Crippen LogP contribution in [0.15, 0.2) is 0 Å². The summed E-state index contributed by atoms with van der Waals surface area (Å²) < 4.78 is 184. The van der Waals surface area contributed by atoms with Gasteiger partial charge >= 0.3 is 36.4 Å². The SMILES string of the molecule is FC(F)(F)C1(F)OC(F)(C(F)(F)F)C2(C(F)(F)F)OC12C(F)(F)F. The van der Waals surface area contributed by atoms with E-state index < -0.39 is 47.6 Å². The number of ether oxygens (including phenoxy) is 2. The van der Waals surface area contributed by atoms with Crippen LogP contribution in [0, 0.1) is 0 Å². The summed E-state index contributed by atoms with van der Waals surface area (Å²) >= 11 is 0. The lowest BCUT2D eigenvalue weighted by molar-refractivity contribution is -0.458. The van der Waals surface area contributed by atoms with Gasteiger partial charge < -0.3 is 4.74 Å². The van der Waals surface area contributed by atoms with Crippen molar-refractivity contribution in [2.45, 2.75) is 47.6 Å². The van der Waals surface area contributed by atoms with Crippen LogP contribution in [0.5, 0.6) is 0 Å². The number of fused-ring (bicyclic) bond motifs is 1. The van der Waals surface area contributed by atoms with Crippen LogP contribution in [0.4, 0.5) is 61.5 Å². The number of rotatable bonds is 0. The van der Waals surface area contributed by atoms with E-state index in [0.29, 0.717) is 0 Å². The third-order valence-corrected chi connectivity index (χ3v) is 3.47. The zero-order valence-corrected chi connectivity index (χ0v) is 10.1. The van der Waals surface area contributed by atoms with Gasteiger partial charge in [-0.3, -0.25) is 4.74 Å². The monoisotopic (exact) mass is 394 g/mol. The summed E-state index contributed by atoms with van der Waals surface area (Å²) in [6.45, 7) is 0. The van der Waals surface area contributed by atoms with Gasteiger partial charge in [0.05, 0.1) is 0 Å². The number of epoxide rings is 1. The summed E-state index contributed by atoms with van der Waals surface area (Å²) in [4.78, 5) is 0. The van der Waals surface area contributed by atoms with Crippen LogP contribution in [0.2, 0.25) is 0 Å². The van der Waals surface area contributed by atoms with Crippen LogP contribution >= 0.6 is 0 Å². The first-order chi connectivity index (χ1) is 10.2. The Hall–Kier alpha value is -1.06. The molecule has 16 heteroatoms. The number of halogens is 14. The van der Waals surface area contributed by atoms with E-state index in [1.165, 1.54) is 0 Å². The molecular formula is C8F14O2. The molecule has 2 aliphatic heterocycles. The molecule has 4 atom stereocenters. The molecule has 0 N–H and O–H groups in total. The van der Waals surface area contributed by atoms with E-state index in [0.717, 1.165) is 0 Å². The molecule has 2 saturated heterocycles. The van der Waals surface area contributed by atoms with Crippen molar-refractivity contribution in [3.63, 3.8) is 0 Å². The predicted octanol–water partition coefficient (Wildman–Crippen LogP) is 4.11. The lowest BCUT2D eigenvalue weighted by Gasteiger charge is -2.33. The number of hydrogen-bond donors (Lipinski definition) is 0. The smallest absolute Gasteiger partial charge is 0.333 e. The molecule has 4 unspecified atom stereocenters. The molecule has 2 aliphatic rings. The van der Waals surface area contributed by atoms with Crippen LogP contribution in [0.1, 0.15) is 0 Å². The first kappa shape index (κ1) is 19.3. The van der Waals surface area contributed by atoms with Gasteiger partial charge in [-0.05, 0) is 0 Å². The average Bonchev–Trinajstić information content (AvgIpc) is 2.92. The molecule has 0 aromatic carbocycles. The molecule has 2 fully saturated rings. The molecule has 2 rings (SSSR count). The second kappa shape index (κ2) is 4.02. The predicted molar refractivity (Wildman–Crippen MR) is 39.5 cm³/mol. The number of alkyl halides is 14. The topological polar surface area (TPSA) is 21.8 Å². The van der Waals surface area contributed by atoms with Gasteiger partial charge in [-0.25, -0.2) is 0 Å². The largest absolute Gasteiger partial charge is 0.452 e. The lowest BCUT2D eigenvalue weighted by Crippen LogP contribution is -2.62. The summed E-state index contributed by atoms with van der Waals surface area (Å²) in [6, 6.07) is 0. The highest BCUT2D eigenvalue weighted by molar-refractivity contribution is 5.40. The van der Waals surface area contributed by atoms with Crippen LogP contribution < -0.4 is 0 Å². The molecule has 2 heterocycles. The third-order valence-electron chi connectivity index (χ3n) is 3.47. The van der Waals surface area contributed by atoms with E-state index in [-0.39, 0.29) is 0 Å². The second-order valence-electron chi connectivity index (χ2n) is 4.75. The van der Waals surface area contributed by atoms with Gasteiger partial charge in [-0.2, -0.15) is 61.5 Å². The summed E-state index contributed by atoms with van der Waals surface area (Å²) in [7, 11) is 0. The van der Waals surface area contributed by atoms with Gasteiger partial charge in [0, 0.05) is 0 Å². The Kier molecular flexibility index (Phi) is 3.22. The highest BCUT2D eigenvalue weighted by Gasteiger charge is 3.16. The maximum Gasteiger partial charge on any atom is 0.452 e. The van der Waals surface area contributed by atoms with E-state index in [2.05, 4.69) is 9.47 Å². The fraction of sp³-hybridized carbons (Fsp3) is 1.00. The van der Waals surface area contributed by atoms with Crippen LogP contribution in [0.3, 0.4) is 0 Å². The third kappa shape index (κ3) is 1.61. The first-order valence-electron chi connectivity index (χ1n) is 5.21. The second-order valence-corrected chi connectivity index (χ2v) is 4.75. The van der Waals surface area contributed by atoms with Gasteiger partial charge in [0.15, 0.2) is 0 Å². The standard InChI is InChI=1S/C8F14O2/c9-3(7(17,18)19)1(5(11,12)13)2(23-1,6(14,15)16)4(10,24-3)8(20,21)22.